The third kappa shape index (κ3) is 4.45. The van der Waals surface area contributed by atoms with Crippen LogP contribution in [0.3, 0.4) is 0 Å². The Labute approximate surface area is 181 Å². The van der Waals surface area contributed by atoms with E-state index < -0.39 is 5.97 Å². The lowest BCUT2D eigenvalue weighted by Crippen LogP contribution is -2.44. The minimum Gasteiger partial charge on any atom is -0.452 e. The number of carbonyl (C=O) groups is 2. The van der Waals surface area contributed by atoms with Crippen LogP contribution in [0, 0.1) is 25.7 Å². The summed E-state index contributed by atoms with van der Waals surface area (Å²) in [7, 11) is 0. The summed E-state index contributed by atoms with van der Waals surface area (Å²) in [5, 5.41) is 4.46. The van der Waals surface area contributed by atoms with Gasteiger partial charge in [0.25, 0.3) is 11.6 Å². The van der Waals surface area contributed by atoms with E-state index in [1.54, 1.807) is 17.9 Å². The third-order valence-electron chi connectivity index (χ3n) is 5.73. The summed E-state index contributed by atoms with van der Waals surface area (Å²) < 4.78 is 10.8. The summed E-state index contributed by atoms with van der Waals surface area (Å²) in [5.41, 5.74) is 3.68. The third-order valence-corrected chi connectivity index (χ3v) is 5.73. The second-order valence-corrected chi connectivity index (χ2v) is 8.69. The Bertz CT molecular complexity index is 1110. The standard InChI is InChI=1S/C24H27N3O4/c1-14-5-7-18(8-6-14)20-10-19(22-17(4)26-31-23(22)25-20)24(29)30-13-21(28)27-11-15(2)9-16(3)12-27/h5-8,10,15-16H,9,11-13H2,1-4H3. The number of carbonyl (C=O) groups excluding carboxylic acids is 2. The number of ether oxygens (including phenoxy) is 1. The zero-order valence-electron chi connectivity index (χ0n) is 18.3. The van der Waals surface area contributed by atoms with Gasteiger partial charge >= 0.3 is 5.97 Å². The topological polar surface area (TPSA) is 85.5 Å². The van der Waals surface area contributed by atoms with Crippen LogP contribution in [0.5, 0.6) is 0 Å². The minimum absolute atomic E-state index is 0.169. The number of hydrogen-bond donors (Lipinski definition) is 0. The zero-order chi connectivity index (χ0) is 22.1. The van der Waals surface area contributed by atoms with Gasteiger partial charge in [0.15, 0.2) is 6.61 Å². The number of likely N-dealkylation sites (tertiary alicyclic amines) is 1. The number of pyridine rings is 1. The van der Waals surface area contributed by atoms with Crippen molar-refractivity contribution in [3.63, 3.8) is 0 Å². The normalized spacial score (nSPS) is 18.9. The van der Waals surface area contributed by atoms with Crippen LogP contribution in [-0.2, 0) is 9.53 Å². The highest BCUT2D eigenvalue weighted by Gasteiger charge is 2.27. The summed E-state index contributed by atoms with van der Waals surface area (Å²) in [6.45, 7) is 9.13. The van der Waals surface area contributed by atoms with E-state index in [-0.39, 0.29) is 18.2 Å². The van der Waals surface area contributed by atoms with Gasteiger partial charge in [-0.1, -0.05) is 48.8 Å². The molecule has 3 aromatic rings. The molecule has 0 N–H and O–H groups in total. The second-order valence-electron chi connectivity index (χ2n) is 8.69. The molecule has 4 rings (SSSR count). The molecule has 0 bridgehead atoms. The van der Waals surface area contributed by atoms with Crippen LogP contribution in [0.2, 0.25) is 0 Å². The van der Waals surface area contributed by atoms with E-state index in [1.165, 1.54) is 0 Å². The van der Waals surface area contributed by atoms with Gasteiger partial charge in [0.2, 0.25) is 0 Å². The molecular weight excluding hydrogens is 394 g/mol. The van der Waals surface area contributed by atoms with Gasteiger partial charge in [0.1, 0.15) is 0 Å². The molecule has 1 amide bonds. The van der Waals surface area contributed by atoms with E-state index in [0.29, 0.717) is 47.3 Å². The lowest BCUT2D eigenvalue weighted by Gasteiger charge is -2.34. The van der Waals surface area contributed by atoms with E-state index in [0.717, 1.165) is 17.5 Å². The Hall–Kier alpha value is -3.22. The van der Waals surface area contributed by atoms with Gasteiger partial charge in [0.05, 0.1) is 22.3 Å². The van der Waals surface area contributed by atoms with Gasteiger partial charge in [-0.3, -0.25) is 4.79 Å². The molecule has 162 valence electrons. The zero-order valence-corrected chi connectivity index (χ0v) is 18.3. The van der Waals surface area contributed by atoms with Gasteiger partial charge < -0.3 is 14.2 Å². The molecule has 1 saturated heterocycles. The van der Waals surface area contributed by atoms with Gasteiger partial charge in [-0.05, 0) is 38.2 Å². The fourth-order valence-corrected chi connectivity index (χ4v) is 4.29. The Morgan fingerprint density at radius 2 is 1.81 bits per heavy atom. The predicted molar refractivity (Wildman–Crippen MR) is 117 cm³/mol. The van der Waals surface area contributed by atoms with Crippen LogP contribution in [0.4, 0.5) is 0 Å². The highest BCUT2D eigenvalue weighted by atomic mass is 16.5. The molecule has 7 nitrogen and oxygen atoms in total. The van der Waals surface area contributed by atoms with Gasteiger partial charge in [0, 0.05) is 18.7 Å². The highest BCUT2D eigenvalue weighted by molar-refractivity contribution is 6.04. The molecule has 0 spiro atoms. The maximum atomic E-state index is 13.0. The largest absolute Gasteiger partial charge is 0.452 e. The molecule has 0 saturated carbocycles. The Morgan fingerprint density at radius 1 is 1.13 bits per heavy atom. The first-order chi connectivity index (χ1) is 14.8. The lowest BCUT2D eigenvalue weighted by molar-refractivity contribution is -0.137. The van der Waals surface area contributed by atoms with Crippen LogP contribution in [0.25, 0.3) is 22.4 Å². The molecular formula is C24H27N3O4. The predicted octanol–water partition coefficient (Wildman–Crippen LogP) is 4.17. The van der Waals surface area contributed by atoms with Crippen molar-refractivity contribution >= 4 is 23.0 Å². The molecule has 1 fully saturated rings. The first kappa shape index (κ1) is 21.0. The summed E-state index contributed by atoms with van der Waals surface area (Å²) in [4.78, 5) is 31.9. The number of fused-ring (bicyclic) bond motifs is 1. The quantitative estimate of drug-likeness (QED) is 0.588. The van der Waals surface area contributed by atoms with Gasteiger partial charge in [-0.2, -0.15) is 0 Å². The van der Waals surface area contributed by atoms with Crippen LogP contribution < -0.4 is 0 Å². The molecule has 2 atom stereocenters. The monoisotopic (exact) mass is 421 g/mol. The molecule has 31 heavy (non-hydrogen) atoms. The van der Waals surface area contributed by atoms with Crippen molar-refractivity contribution in [3.05, 3.63) is 47.2 Å². The van der Waals surface area contributed by atoms with E-state index in [9.17, 15) is 9.59 Å². The molecule has 7 heteroatoms. The first-order valence-electron chi connectivity index (χ1n) is 10.6. The Balaban J connectivity index is 1.57. The number of esters is 1. The number of aromatic nitrogens is 2. The summed E-state index contributed by atoms with van der Waals surface area (Å²) in [5.74, 6) is 0.135. The lowest BCUT2D eigenvalue weighted by atomic mass is 9.92. The molecule has 1 aliphatic heterocycles. The van der Waals surface area contributed by atoms with E-state index >= 15 is 0 Å². The molecule has 1 aromatic carbocycles. The Kier molecular flexibility index (Phi) is 5.76. The summed E-state index contributed by atoms with van der Waals surface area (Å²) >= 11 is 0. The van der Waals surface area contributed by atoms with Crippen LogP contribution in [-0.4, -0.2) is 46.6 Å². The van der Waals surface area contributed by atoms with Crippen molar-refractivity contribution in [2.45, 2.75) is 34.1 Å². The van der Waals surface area contributed by atoms with Crippen LogP contribution in [0.1, 0.15) is 41.9 Å². The number of piperidine rings is 1. The fraction of sp³-hybridized carbons (Fsp3) is 0.417. The molecule has 1 aliphatic rings. The van der Waals surface area contributed by atoms with Gasteiger partial charge in [-0.15, -0.1) is 0 Å². The van der Waals surface area contributed by atoms with Crippen molar-refractivity contribution < 1.29 is 18.8 Å². The Morgan fingerprint density at radius 3 is 2.48 bits per heavy atom. The molecule has 2 unspecified atom stereocenters. The second kappa shape index (κ2) is 8.49. The summed E-state index contributed by atoms with van der Waals surface area (Å²) in [6, 6.07) is 9.50. The smallest absolute Gasteiger partial charge is 0.339 e. The molecule has 2 aromatic heterocycles. The molecule has 3 heterocycles. The van der Waals surface area contributed by atoms with Crippen molar-refractivity contribution in [1.82, 2.24) is 15.0 Å². The maximum absolute atomic E-state index is 13.0. The minimum atomic E-state index is -0.585. The van der Waals surface area contributed by atoms with Crippen molar-refractivity contribution in [1.29, 1.82) is 0 Å². The van der Waals surface area contributed by atoms with Gasteiger partial charge in [-0.25, -0.2) is 9.78 Å². The van der Waals surface area contributed by atoms with E-state index in [2.05, 4.69) is 24.0 Å². The van der Waals surface area contributed by atoms with Crippen molar-refractivity contribution in [3.8, 4) is 11.3 Å². The van der Waals surface area contributed by atoms with Crippen molar-refractivity contribution in [2.24, 2.45) is 11.8 Å². The SMILES string of the molecule is Cc1ccc(-c2cc(C(=O)OCC(=O)N3CC(C)CC(C)C3)c3c(C)noc3n2)cc1. The number of hydrogen-bond acceptors (Lipinski definition) is 6. The number of rotatable bonds is 4. The number of aryl methyl sites for hydroxylation is 2. The first-order valence-corrected chi connectivity index (χ1v) is 10.6. The molecule has 0 aliphatic carbocycles. The van der Waals surface area contributed by atoms with E-state index in [4.69, 9.17) is 9.26 Å². The summed E-state index contributed by atoms with van der Waals surface area (Å²) in [6.07, 6.45) is 1.10. The number of amides is 1. The van der Waals surface area contributed by atoms with E-state index in [1.807, 2.05) is 31.2 Å². The number of benzene rings is 1. The fourth-order valence-electron chi connectivity index (χ4n) is 4.29. The van der Waals surface area contributed by atoms with Crippen molar-refractivity contribution in [2.75, 3.05) is 19.7 Å². The maximum Gasteiger partial charge on any atom is 0.339 e. The molecule has 0 radical (unpaired) electrons. The van der Waals surface area contributed by atoms with Crippen LogP contribution >= 0.6 is 0 Å². The van der Waals surface area contributed by atoms with Crippen LogP contribution in [0.15, 0.2) is 34.9 Å². The highest BCUT2D eigenvalue weighted by Crippen LogP contribution is 2.28. The number of nitrogens with zero attached hydrogens (tertiary/aromatic N) is 3. The average Bonchev–Trinajstić information content (AvgIpc) is 3.11. The average molecular weight is 421 g/mol.